The first-order valence-electron chi connectivity index (χ1n) is 7.20. The van der Waals surface area contributed by atoms with E-state index < -0.39 is 21.2 Å². The molecule has 0 heterocycles. The number of rotatable bonds is 7. The molecule has 1 aromatic carbocycles. The van der Waals surface area contributed by atoms with E-state index in [1.54, 1.807) is 24.3 Å². The summed E-state index contributed by atoms with van der Waals surface area (Å²) in [6.07, 6.45) is 2.92. The fourth-order valence-corrected chi connectivity index (χ4v) is 3.83. The van der Waals surface area contributed by atoms with E-state index in [0.717, 1.165) is 12.1 Å². The average Bonchev–Trinajstić information content (AvgIpc) is 2.37. The fraction of sp³-hybridized carbons (Fsp3) is 0.533. The van der Waals surface area contributed by atoms with Gasteiger partial charge in [-0.3, -0.25) is 4.79 Å². The number of hydrogen-bond acceptors (Lipinski definition) is 4. The van der Waals surface area contributed by atoms with Crippen molar-refractivity contribution in [3.63, 3.8) is 0 Å². The molecular weight excluding hydrogens is 290 g/mol. The predicted octanol–water partition coefficient (Wildman–Crippen LogP) is 2.54. The normalized spacial score (nSPS) is 17.0. The van der Waals surface area contributed by atoms with Gasteiger partial charge in [0.2, 0.25) is 0 Å². The highest BCUT2D eigenvalue weighted by Crippen LogP contribution is 2.41. The third kappa shape index (κ3) is 3.37. The molecule has 0 radical (unpaired) electrons. The van der Waals surface area contributed by atoms with E-state index in [1.807, 2.05) is 6.92 Å². The summed E-state index contributed by atoms with van der Waals surface area (Å²) in [6.45, 7) is 2.21. The van der Waals surface area contributed by atoms with E-state index >= 15 is 0 Å². The predicted molar refractivity (Wildman–Crippen MR) is 81.2 cm³/mol. The van der Waals surface area contributed by atoms with Gasteiger partial charge in [0, 0.05) is 12.2 Å². The summed E-state index contributed by atoms with van der Waals surface area (Å²) >= 11 is 0. The van der Waals surface area contributed by atoms with Crippen molar-refractivity contribution in [2.75, 3.05) is 17.6 Å². The van der Waals surface area contributed by atoms with E-state index in [2.05, 4.69) is 5.32 Å². The Kier molecular flexibility index (Phi) is 4.56. The van der Waals surface area contributed by atoms with Crippen LogP contribution in [0.3, 0.4) is 0 Å². The molecule has 1 fully saturated rings. The zero-order chi connectivity index (χ0) is 15.5. The lowest BCUT2D eigenvalue weighted by atomic mass is 9.69. The molecule has 0 aromatic heterocycles. The van der Waals surface area contributed by atoms with Crippen molar-refractivity contribution >= 4 is 21.5 Å². The number of carboxylic acid groups (broad SMARTS) is 1. The van der Waals surface area contributed by atoms with Crippen LogP contribution < -0.4 is 5.32 Å². The molecule has 0 bridgehead atoms. The minimum Gasteiger partial charge on any atom is -0.481 e. The number of benzene rings is 1. The maximum atomic E-state index is 11.9. The first kappa shape index (κ1) is 15.8. The van der Waals surface area contributed by atoms with E-state index in [9.17, 15) is 18.3 Å². The molecule has 2 rings (SSSR count). The topological polar surface area (TPSA) is 83.5 Å². The molecule has 0 atom stereocenters. The second kappa shape index (κ2) is 6.05. The Hall–Kier alpha value is -1.56. The number of nitrogens with one attached hydrogen (secondary N) is 1. The number of aliphatic carboxylic acids is 1. The quantitative estimate of drug-likeness (QED) is 0.808. The maximum Gasteiger partial charge on any atom is 0.311 e. The summed E-state index contributed by atoms with van der Waals surface area (Å²) < 4.78 is 23.8. The Labute approximate surface area is 125 Å². The molecule has 0 amide bonds. The first-order valence-corrected chi connectivity index (χ1v) is 8.85. The Morgan fingerprint density at radius 3 is 2.33 bits per heavy atom. The van der Waals surface area contributed by atoms with Gasteiger partial charge < -0.3 is 10.4 Å². The van der Waals surface area contributed by atoms with E-state index in [-0.39, 0.29) is 5.75 Å². The second-order valence-electron chi connectivity index (χ2n) is 5.64. The molecule has 0 unspecified atom stereocenters. The summed E-state index contributed by atoms with van der Waals surface area (Å²) in [5, 5.41) is 12.4. The van der Waals surface area contributed by atoms with Gasteiger partial charge in [0.05, 0.1) is 16.1 Å². The average molecular weight is 311 g/mol. The van der Waals surface area contributed by atoms with Crippen molar-refractivity contribution in [2.24, 2.45) is 5.41 Å². The van der Waals surface area contributed by atoms with Crippen molar-refractivity contribution in [3.05, 3.63) is 24.3 Å². The van der Waals surface area contributed by atoms with Gasteiger partial charge in [-0.15, -0.1) is 0 Å². The lowest BCUT2D eigenvalue weighted by Crippen LogP contribution is -2.43. The molecule has 1 aliphatic rings. The number of sulfone groups is 1. The van der Waals surface area contributed by atoms with E-state index in [0.29, 0.717) is 30.7 Å². The Bertz CT molecular complexity index is 603. The standard InChI is InChI=1S/C15H21NO4S/c1-2-10-21(19,20)13-6-4-12(5-7-13)16-11-15(14(17)18)8-3-9-15/h4-7,16H,2-3,8-11H2,1H3,(H,17,18). The summed E-state index contributed by atoms with van der Waals surface area (Å²) in [5.41, 5.74) is 0.0884. The smallest absolute Gasteiger partial charge is 0.311 e. The van der Waals surface area contributed by atoms with Crippen LogP contribution in [0.15, 0.2) is 29.2 Å². The second-order valence-corrected chi connectivity index (χ2v) is 7.74. The lowest BCUT2D eigenvalue weighted by molar-refractivity contribution is -0.153. The largest absolute Gasteiger partial charge is 0.481 e. The minimum atomic E-state index is -3.20. The molecule has 0 saturated heterocycles. The Balaban J connectivity index is 2.02. The van der Waals surface area contributed by atoms with Crippen molar-refractivity contribution < 1.29 is 18.3 Å². The number of anilines is 1. The molecule has 1 aliphatic carbocycles. The zero-order valence-corrected chi connectivity index (χ0v) is 12.9. The Morgan fingerprint density at radius 1 is 1.29 bits per heavy atom. The number of carboxylic acids is 1. The third-order valence-electron chi connectivity index (χ3n) is 4.08. The highest BCUT2D eigenvalue weighted by Gasteiger charge is 2.44. The number of carbonyl (C=O) groups is 1. The molecule has 1 aromatic rings. The monoisotopic (exact) mass is 311 g/mol. The van der Waals surface area contributed by atoms with Gasteiger partial charge in [0.15, 0.2) is 9.84 Å². The molecule has 1 saturated carbocycles. The summed E-state index contributed by atoms with van der Waals surface area (Å²) in [6, 6.07) is 6.52. The van der Waals surface area contributed by atoms with Crippen LogP contribution in [-0.2, 0) is 14.6 Å². The molecule has 5 nitrogen and oxygen atoms in total. The van der Waals surface area contributed by atoms with Gasteiger partial charge in [-0.25, -0.2) is 8.42 Å². The van der Waals surface area contributed by atoms with Crippen LogP contribution in [0.1, 0.15) is 32.6 Å². The summed E-state index contributed by atoms with van der Waals surface area (Å²) in [7, 11) is -3.20. The zero-order valence-electron chi connectivity index (χ0n) is 12.1. The fourth-order valence-electron chi connectivity index (χ4n) is 2.51. The lowest BCUT2D eigenvalue weighted by Gasteiger charge is -2.37. The molecule has 6 heteroatoms. The summed E-state index contributed by atoms with van der Waals surface area (Å²) in [4.78, 5) is 11.6. The van der Waals surface area contributed by atoms with E-state index in [1.165, 1.54) is 0 Å². The van der Waals surface area contributed by atoms with Crippen molar-refractivity contribution in [1.82, 2.24) is 0 Å². The molecule has 116 valence electrons. The third-order valence-corrected chi connectivity index (χ3v) is 6.02. The van der Waals surface area contributed by atoms with Gasteiger partial charge >= 0.3 is 5.97 Å². The van der Waals surface area contributed by atoms with Gasteiger partial charge in [-0.2, -0.15) is 0 Å². The molecule has 0 aliphatic heterocycles. The molecule has 21 heavy (non-hydrogen) atoms. The van der Waals surface area contributed by atoms with Crippen LogP contribution in [0.2, 0.25) is 0 Å². The van der Waals surface area contributed by atoms with Crippen molar-refractivity contribution in [2.45, 2.75) is 37.5 Å². The minimum absolute atomic E-state index is 0.141. The Morgan fingerprint density at radius 2 is 1.90 bits per heavy atom. The first-order chi connectivity index (χ1) is 9.89. The van der Waals surface area contributed by atoms with Gasteiger partial charge in [0.25, 0.3) is 0 Å². The van der Waals surface area contributed by atoms with Crippen LogP contribution in [0.4, 0.5) is 5.69 Å². The van der Waals surface area contributed by atoms with Crippen LogP contribution in [0.5, 0.6) is 0 Å². The van der Waals surface area contributed by atoms with E-state index in [4.69, 9.17) is 0 Å². The van der Waals surface area contributed by atoms with Crippen LogP contribution >= 0.6 is 0 Å². The maximum absolute atomic E-state index is 11.9. The van der Waals surface area contributed by atoms with Gasteiger partial charge in [-0.05, 0) is 43.5 Å². The van der Waals surface area contributed by atoms with Crippen molar-refractivity contribution in [1.29, 1.82) is 0 Å². The van der Waals surface area contributed by atoms with Crippen LogP contribution in [0.25, 0.3) is 0 Å². The van der Waals surface area contributed by atoms with Crippen LogP contribution in [-0.4, -0.2) is 31.8 Å². The SMILES string of the molecule is CCCS(=O)(=O)c1ccc(NCC2(C(=O)O)CCC2)cc1. The number of hydrogen-bond donors (Lipinski definition) is 2. The highest BCUT2D eigenvalue weighted by atomic mass is 32.2. The molecule has 2 N–H and O–H groups in total. The van der Waals surface area contributed by atoms with Gasteiger partial charge in [0.1, 0.15) is 0 Å². The molecular formula is C15H21NO4S. The molecule has 0 spiro atoms. The summed E-state index contributed by atoms with van der Waals surface area (Å²) in [5.74, 6) is -0.620. The van der Waals surface area contributed by atoms with Gasteiger partial charge in [-0.1, -0.05) is 13.3 Å². The highest BCUT2D eigenvalue weighted by molar-refractivity contribution is 7.91. The van der Waals surface area contributed by atoms with Crippen LogP contribution in [0, 0.1) is 5.41 Å². The van der Waals surface area contributed by atoms with Crippen molar-refractivity contribution in [3.8, 4) is 0 Å².